The third kappa shape index (κ3) is 3.00. The van der Waals surface area contributed by atoms with Crippen molar-refractivity contribution in [3.63, 3.8) is 0 Å². The molecule has 2 aromatic carbocycles. The summed E-state index contributed by atoms with van der Waals surface area (Å²) in [6.45, 7) is 0.500. The van der Waals surface area contributed by atoms with Crippen LogP contribution in [-0.4, -0.2) is 15.5 Å². The maximum absolute atomic E-state index is 12.3. The van der Waals surface area contributed by atoms with Crippen LogP contribution in [0.1, 0.15) is 16.1 Å². The predicted molar refractivity (Wildman–Crippen MR) is 81.2 cm³/mol. The van der Waals surface area contributed by atoms with E-state index in [1.807, 2.05) is 60.7 Å². The zero-order chi connectivity index (χ0) is 14.5. The van der Waals surface area contributed by atoms with E-state index in [2.05, 4.69) is 10.3 Å². The van der Waals surface area contributed by atoms with Gasteiger partial charge in [-0.05, 0) is 17.7 Å². The van der Waals surface area contributed by atoms with E-state index < -0.39 is 0 Å². The van der Waals surface area contributed by atoms with Crippen molar-refractivity contribution >= 4 is 5.91 Å². The van der Waals surface area contributed by atoms with E-state index in [4.69, 9.17) is 0 Å². The van der Waals surface area contributed by atoms with Crippen molar-refractivity contribution in [3.8, 4) is 5.69 Å². The lowest BCUT2D eigenvalue weighted by atomic mass is 10.2. The monoisotopic (exact) mass is 277 g/mol. The first-order valence-corrected chi connectivity index (χ1v) is 6.74. The molecule has 4 nitrogen and oxygen atoms in total. The Kier molecular flexibility index (Phi) is 3.78. The second-order valence-corrected chi connectivity index (χ2v) is 4.65. The number of rotatable bonds is 4. The van der Waals surface area contributed by atoms with Crippen LogP contribution in [0.5, 0.6) is 0 Å². The Balaban J connectivity index is 1.76. The molecule has 4 heteroatoms. The van der Waals surface area contributed by atoms with Crippen molar-refractivity contribution in [2.24, 2.45) is 0 Å². The van der Waals surface area contributed by atoms with Crippen LogP contribution in [0.4, 0.5) is 0 Å². The summed E-state index contributed by atoms with van der Waals surface area (Å²) < 4.78 is 1.78. The Morgan fingerprint density at radius 2 is 1.67 bits per heavy atom. The molecular weight excluding hydrogens is 262 g/mol. The molecular formula is C17H15N3O. The highest BCUT2D eigenvalue weighted by Gasteiger charge is 2.12. The number of nitrogens with one attached hydrogen (secondary N) is 1. The first-order chi connectivity index (χ1) is 10.3. The summed E-state index contributed by atoms with van der Waals surface area (Å²) in [6.07, 6.45) is 3.22. The lowest BCUT2D eigenvalue weighted by Crippen LogP contribution is -2.25. The average molecular weight is 277 g/mol. The fraction of sp³-hybridized carbons (Fsp3) is 0.0588. The summed E-state index contributed by atoms with van der Waals surface area (Å²) in [5.41, 5.74) is 2.51. The van der Waals surface area contributed by atoms with Crippen LogP contribution in [0.15, 0.2) is 73.2 Å². The minimum Gasteiger partial charge on any atom is -0.347 e. The van der Waals surface area contributed by atoms with Gasteiger partial charge >= 0.3 is 0 Å². The second kappa shape index (κ2) is 6.05. The summed E-state index contributed by atoms with van der Waals surface area (Å²) >= 11 is 0. The van der Waals surface area contributed by atoms with Crippen LogP contribution < -0.4 is 5.32 Å². The van der Waals surface area contributed by atoms with Crippen molar-refractivity contribution in [2.75, 3.05) is 0 Å². The van der Waals surface area contributed by atoms with Crippen molar-refractivity contribution in [3.05, 3.63) is 84.4 Å². The van der Waals surface area contributed by atoms with Gasteiger partial charge in [0, 0.05) is 12.2 Å². The minimum atomic E-state index is -0.139. The Morgan fingerprint density at radius 3 is 2.38 bits per heavy atom. The number of amides is 1. The van der Waals surface area contributed by atoms with Gasteiger partial charge in [-0.1, -0.05) is 48.5 Å². The maximum Gasteiger partial charge on any atom is 0.270 e. The number of carbonyl (C=O) groups excluding carboxylic acids is 1. The number of benzene rings is 2. The first kappa shape index (κ1) is 13.1. The highest BCUT2D eigenvalue weighted by Crippen LogP contribution is 2.10. The van der Waals surface area contributed by atoms with Crippen LogP contribution in [0.3, 0.4) is 0 Å². The van der Waals surface area contributed by atoms with Gasteiger partial charge in [-0.2, -0.15) is 0 Å². The van der Waals surface area contributed by atoms with Crippen LogP contribution in [0.25, 0.3) is 5.69 Å². The summed E-state index contributed by atoms with van der Waals surface area (Å²) in [5, 5.41) is 2.91. The third-order valence-electron chi connectivity index (χ3n) is 3.20. The van der Waals surface area contributed by atoms with Crippen molar-refractivity contribution in [2.45, 2.75) is 6.54 Å². The van der Waals surface area contributed by atoms with E-state index in [0.29, 0.717) is 12.2 Å². The molecule has 3 aromatic rings. The molecule has 1 N–H and O–H groups in total. The maximum atomic E-state index is 12.3. The molecule has 0 aliphatic heterocycles. The fourth-order valence-corrected chi connectivity index (χ4v) is 2.13. The molecule has 104 valence electrons. The van der Waals surface area contributed by atoms with Gasteiger partial charge in [0.15, 0.2) is 0 Å². The lowest BCUT2D eigenvalue weighted by Gasteiger charge is -2.08. The Labute approximate surface area is 123 Å². The molecule has 0 unspecified atom stereocenters. The topological polar surface area (TPSA) is 46.9 Å². The molecule has 0 aliphatic carbocycles. The minimum absolute atomic E-state index is 0.139. The van der Waals surface area contributed by atoms with Crippen LogP contribution in [-0.2, 0) is 6.54 Å². The largest absolute Gasteiger partial charge is 0.347 e. The number of carbonyl (C=O) groups is 1. The number of para-hydroxylation sites is 1. The van der Waals surface area contributed by atoms with Crippen molar-refractivity contribution in [1.29, 1.82) is 0 Å². The smallest absolute Gasteiger partial charge is 0.270 e. The molecule has 0 fully saturated rings. The van der Waals surface area contributed by atoms with E-state index >= 15 is 0 Å². The molecule has 0 saturated heterocycles. The Hall–Kier alpha value is -2.88. The lowest BCUT2D eigenvalue weighted by molar-refractivity contribution is 0.0944. The standard InChI is InChI=1S/C17H15N3O/c21-17(19-11-14-7-3-1-4-8-14)16-12-18-13-20(16)15-9-5-2-6-10-15/h1-10,12-13H,11H2,(H,19,21). The fourth-order valence-electron chi connectivity index (χ4n) is 2.13. The van der Waals surface area contributed by atoms with Crippen LogP contribution >= 0.6 is 0 Å². The van der Waals surface area contributed by atoms with Gasteiger partial charge < -0.3 is 5.32 Å². The number of aromatic nitrogens is 2. The molecule has 1 heterocycles. The van der Waals surface area contributed by atoms with Gasteiger partial charge in [0.25, 0.3) is 5.91 Å². The van der Waals surface area contributed by atoms with Gasteiger partial charge in [-0.3, -0.25) is 9.36 Å². The summed E-state index contributed by atoms with van der Waals surface area (Å²) in [7, 11) is 0. The SMILES string of the molecule is O=C(NCc1ccccc1)c1cncn1-c1ccccc1. The third-order valence-corrected chi connectivity index (χ3v) is 3.20. The van der Waals surface area contributed by atoms with Gasteiger partial charge in [0.1, 0.15) is 5.69 Å². The summed E-state index contributed by atoms with van der Waals surface area (Å²) in [6, 6.07) is 19.5. The van der Waals surface area contributed by atoms with E-state index in [-0.39, 0.29) is 5.91 Å². The van der Waals surface area contributed by atoms with E-state index in [9.17, 15) is 4.79 Å². The quantitative estimate of drug-likeness (QED) is 0.797. The molecule has 0 bridgehead atoms. The zero-order valence-corrected chi connectivity index (χ0v) is 11.4. The number of hydrogen-bond donors (Lipinski definition) is 1. The highest BCUT2D eigenvalue weighted by atomic mass is 16.1. The molecule has 0 atom stereocenters. The highest BCUT2D eigenvalue weighted by molar-refractivity contribution is 5.92. The zero-order valence-electron chi connectivity index (χ0n) is 11.4. The molecule has 3 rings (SSSR count). The van der Waals surface area contributed by atoms with Crippen molar-refractivity contribution in [1.82, 2.24) is 14.9 Å². The molecule has 1 aromatic heterocycles. The molecule has 0 radical (unpaired) electrons. The van der Waals surface area contributed by atoms with E-state index in [1.165, 1.54) is 0 Å². The van der Waals surface area contributed by atoms with Crippen molar-refractivity contribution < 1.29 is 4.79 Å². The van der Waals surface area contributed by atoms with Gasteiger partial charge in [0.2, 0.25) is 0 Å². The molecule has 1 amide bonds. The normalized spacial score (nSPS) is 10.3. The Bertz CT molecular complexity index is 720. The van der Waals surface area contributed by atoms with Gasteiger partial charge in [0.05, 0.1) is 12.5 Å². The second-order valence-electron chi connectivity index (χ2n) is 4.65. The molecule has 0 spiro atoms. The number of imidazole rings is 1. The van der Waals surface area contributed by atoms with Gasteiger partial charge in [-0.15, -0.1) is 0 Å². The van der Waals surface area contributed by atoms with E-state index in [0.717, 1.165) is 11.3 Å². The summed E-state index contributed by atoms with van der Waals surface area (Å²) in [5.74, 6) is -0.139. The number of hydrogen-bond acceptors (Lipinski definition) is 2. The molecule has 21 heavy (non-hydrogen) atoms. The molecule has 0 saturated carbocycles. The van der Waals surface area contributed by atoms with Crippen LogP contribution in [0.2, 0.25) is 0 Å². The van der Waals surface area contributed by atoms with Crippen LogP contribution in [0, 0.1) is 0 Å². The average Bonchev–Trinajstić information content (AvgIpc) is 3.04. The predicted octanol–water partition coefficient (Wildman–Crippen LogP) is 2.80. The molecule has 0 aliphatic rings. The van der Waals surface area contributed by atoms with E-state index in [1.54, 1.807) is 17.1 Å². The first-order valence-electron chi connectivity index (χ1n) is 6.74. The summed E-state index contributed by atoms with van der Waals surface area (Å²) in [4.78, 5) is 16.4. The number of nitrogens with zero attached hydrogens (tertiary/aromatic N) is 2. The Morgan fingerprint density at radius 1 is 1.00 bits per heavy atom. The van der Waals surface area contributed by atoms with Gasteiger partial charge in [-0.25, -0.2) is 4.98 Å².